The molecule has 156 valence electrons. The van der Waals surface area contributed by atoms with E-state index in [-0.39, 0.29) is 29.9 Å². The summed E-state index contributed by atoms with van der Waals surface area (Å²) in [5, 5.41) is 9.61. The topological polar surface area (TPSA) is 96.9 Å². The molecule has 0 aromatic carbocycles. The van der Waals surface area contributed by atoms with Gasteiger partial charge in [-0.2, -0.15) is 4.91 Å². The van der Waals surface area contributed by atoms with Gasteiger partial charge in [-0.1, -0.05) is 31.9 Å². The van der Waals surface area contributed by atoms with Crippen molar-refractivity contribution >= 4 is 11.9 Å². The molecule has 1 amide bonds. The van der Waals surface area contributed by atoms with Gasteiger partial charge < -0.3 is 10.1 Å². The second-order valence-electron chi connectivity index (χ2n) is 8.75. The van der Waals surface area contributed by atoms with Crippen LogP contribution in [0.1, 0.15) is 74.1 Å². The zero-order valence-electron chi connectivity index (χ0n) is 17.9. The second kappa shape index (κ2) is 10.2. The summed E-state index contributed by atoms with van der Waals surface area (Å²) in [6, 6.07) is -1.30. The van der Waals surface area contributed by atoms with Crippen molar-refractivity contribution in [1.29, 1.82) is 0 Å². The van der Waals surface area contributed by atoms with Gasteiger partial charge >= 0.3 is 5.97 Å². The molecule has 1 saturated heterocycles. The van der Waals surface area contributed by atoms with Gasteiger partial charge in [0.15, 0.2) is 0 Å². The maximum absolute atomic E-state index is 12.6. The first-order valence-electron chi connectivity index (χ1n) is 10.1. The average molecular weight is 384 g/mol. The third-order valence-corrected chi connectivity index (χ3v) is 5.40. The molecule has 1 heterocycles. The zero-order chi connectivity index (χ0) is 20.8. The molecule has 1 rings (SSSR count). The smallest absolute Gasteiger partial charge is 0.323 e. The first-order chi connectivity index (χ1) is 12.5. The highest BCUT2D eigenvalue weighted by atomic mass is 16.6. The van der Waals surface area contributed by atoms with Crippen LogP contribution in [-0.2, 0) is 14.3 Å². The summed E-state index contributed by atoms with van der Waals surface area (Å²) in [7, 11) is 0. The normalized spacial score (nSPS) is 25.1. The van der Waals surface area contributed by atoms with Crippen LogP contribution in [-0.4, -0.2) is 41.6 Å². The summed E-state index contributed by atoms with van der Waals surface area (Å²) in [6.45, 7) is 13.0. The van der Waals surface area contributed by atoms with E-state index in [0.717, 1.165) is 19.3 Å². The third-order valence-electron chi connectivity index (χ3n) is 5.40. The highest BCUT2D eigenvalue weighted by Crippen LogP contribution is 2.32. The summed E-state index contributed by atoms with van der Waals surface area (Å²) >= 11 is 0. The lowest BCUT2D eigenvalue weighted by Gasteiger charge is -2.32. The van der Waals surface area contributed by atoms with E-state index in [1.165, 1.54) is 6.92 Å². The van der Waals surface area contributed by atoms with Crippen molar-refractivity contribution in [1.82, 2.24) is 10.6 Å². The zero-order valence-corrected chi connectivity index (χ0v) is 17.9. The van der Waals surface area contributed by atoms with Crippen molar-refractivity contribution in [3.8, 4) is 0 Å². The van der Waals surface area contributed by atoms with Crippen LogP contribution in [0.3, 0.4) is 0 Å². The van der Waals surface area contributed by atoms with Gasteiger partial charge in [-0.25, -0.2) is 0 Å². The van der Waals surface area contributed by atoms with Crippen LogP contribution in [0.4, 0.5) is 0 Å². The SMILES string of the molecule is CCC(CC)C[C@H](NC(C)=O)[C@@H]1N[C@H](C(=O)OC(C)(C)C)C[C@H]1C(C)N=O. The number of carbonyl (C=O) groups is 2. The Morgan fingerprint density at radius 1 is 1.26 bits per heavy atom. The molecule has 0 saturated carbocycles. The predicted octanol–water partition coefficient (Wildman–Crippen LogP) is 3.16. The monoisotopic (exact) mass is 383 g/mol. The van der Waals surface area contributed by atoms with Gasteiger partial charge in [-0.15, -0.1) is 0 Å². The summed E-state index contributed by atoms with van der Waals surface area (Å²) in [4.78, 5) is 35.6. The lowest BCUT2D eigenvalue weighted by atomic mass is 9.83. The Morgan fingerprint density at radius 3 is 2.30 bits per heavy atom. The number of rotatable bonds is 9. The van der Waals surface area contributed by atoms with E-state index in [9.17, 15) is 14.5 Å². The highest BCUT2D eigenvalue weighted by molar-refractivity contribution is 5.77. The number of ether oxygens (including phenoxy) is 1. The minimum Gasteiger partial charge on any atom is -0.459 e. The molecule has 7 nitrogen and oxygen atoms in total. The third kappa shape index (κ3) is 7.20. The average Bonchev–Trinajstić information content (AvgIpc) is 3.01. The minimum atomic E-state index is -0.576. The van der Waals surface area contributed by atoms with Gasteiger partial charge in [0, 0.05) is 24.9 Å². The van der Waals surface area contributed by atoms with E-state index < -0.39 is 17.7 Å². The Hall–Kier alpha value is -1.50. The Morgan fingerprint density at radius 2 is 1.85 bits per heavy atom. The molecular formula is C20H37N3O4. The van der Waals surface area contributed by atoms with E-state index in [1.54, 1.807) is 6.92 Å². The number of nitroso groups, excluding NO2 is 1. The van der Waals surface area contributed by atoms with Crippen molar-refractivity contribution in [3.63, 3.8) is 0 Å². The standard InChI is InChI=1S/C20H37N3O4/c1-8-14(9-2)10-16(21-13(4)24)18-15(12(3)23-26)11-17(22-18)19(25)27-20(5,6)7/h12,14-18,22H,8-11H2,1-7H3,(H,21,24)/t12?,15-,16-,17-,18+/m0/s1. The minimum absolute atomic E-state index is 0.112. The van der Waals surface area contributed by atoms with Crippen LogP contribution in [0, 0.1) is 16.7 Å². The second-order valence-corrected chi connectivity index (χ2v) is 8.75. The molecule has 27 heavy (non-hydrogen) atoms. The van der Waals surface area contributed by atoms with Gasteiger partial charge in [-0.05, 0) is 46.5 Å². The van der Waals surface area contributed by atoms with Crippen molar-refractivity contribution in [2.75, 3.05) is 0 Å². The highest BCUT2D eigenvalue weighted by Gasteiger charge is 2.45. The molecule has 1 unspecified atom stereocenters. The Labute approximate surface area is 163 Å². The largest absolute Gasteiger partial charge is 0.459 e. The van der Waals surface area contributed by atoms with Gasteiger partial charge in [0.1, 0.15) is 11.6 Å². The molecule has 1 aliphatic heterocycles. The summed E-state index contributed by atoms with van der Waals surface area (Å²) in [5.74, 6) is -0.105. The van der Waals surface area contributed by atoms with Gasteiger partial charge in [0.25, 0.3) is 0 Å². The number of esters is 1. The fourth-order valence-electron chi connectivity index (χ4n) is 3.91. The summed E-state index contributed by atoms with van der Waals surface area (Å²) in [6.07, 6.45) is 3.31. The van der Waals surface area contributed by atoms with Crippen LogP contribution in [0.25, 0.3) is 0 Å². The molecule has 0 aliphatic carbocycles. The molecule has 1 fully saturated rings. The van der Waals surface area contributed by atoms with Crippen molar-refractivity contribution in [2.45, 2.75) is 104 Å². The molecule has 0 spiro atoms. The van der Waals surface area contributed by atoms with Crippen LogP contribution in [0.2, 0.25) is 0 Å². The number of hydrogen-bond acceptors (Lipinski definition) is 6. The molecule has 1 aliphatic rings. The number of nitrogens with zero attached hydrogens (tertiary/aromatic N) is 1. The van der Waals surface area contributed by atoms with Crippen molar-refractivity contribution in [3.05, 3.63) is 4.91 Å². The van der Waals surface area contributed by atoms with Crippen LogP contribution >= 0.6 is 0 Å². The van der Waals surface area contributed by atoms with Gasteiger partial charge in [0.05, 0.1) is 6.04 Å². The number of hydrogen-bond donors (Lipinski definition) is 2. The number of amides is 1. The van der Waals surface area contributed by atoms with Crippen LogP contribution < -0.4 is 10.6 Å². The number of nitrogens with one attached hydrogen (secondary N) is 2. The Bertz CT molecular complexity index is 514. The van der Waals surface area contributed by atoms with Crippen molar-refractivity contribution < 1.29 is 14.3 Å². The molecule has 5 atom stereocenters. The molecule has 7 heteroatoms. The fraction of sp³-hybridized carbons (Fsp3) is 0.900. The first kappa shape index (κ1) is 23.5. The van der Waals surface area contributed by atoms with E-state index in [2.05, 4.69) is 29.7 Å². The first-order valence-corrected chi connectivity index (χ1v) is 10.1. The molecule has 0 bridgehead atoms. The fourth-order valence-corrected chi connectivity index (χ4v) is 3.91. The maximum atomic E-state index is 12.6. The van der Waals surface area contributed by atoms with Gasteiger partial charge in [0.2, 0.25) is 5.91 Å². The summed E-state index contributed by atoms with van der Waals surface area (Å²) < 4.78 is 5.52. The van der Waals surface area contributed by atoms with E-state index in [4.69, 9.17) is 4.74 Å². The van der Waals surface area contributed by atoms with Crippen molar-refractivity contribution in [2.24, 2.45) is 17.0 Å². The molecule has 0 radical (unpaired) electrons. The van der Waals surface area contributed by atoms with E-state index in [1.807, 2.05) is 20.8 Å². The van der Waals surface area contributed by atoms with Gasteiger partial charge in [-0.3, -0.25) is 14.9 Å². The molecule has 0 aromatic heterocycles. The quantitative estimate of drug-likeness (QED) is 0.471. The predicted molar refractivity (Wildman–Crippen MR) is 106 cm³/mol. The van der Waals surface area contributed by atoms with Crippen LogP contribution in [0.15, 0.2) is 5.18 Å². The molecule has 2 N–H and O–H groups in total. The molecular weight excluding hydrogens is 346 g/mol. The van der Waals surface area contributed by atoms with E-state index in [0.29, 0.717) is 12.3 Å². The Kier molecular flexibility index (Phi) is 8.85. The summed E-state index contributed by atoms with van der Waals surface area (Å²) in [5.41, 5.74) is -0.576. The van der Waals surface area contributed by atoms with Crippen LogP contribution in [0.5, 0.6) is 0 Å². The Balaban J connectivity index is 3.06. The maximum Gasteiger partial charge on any atom is 0.323 e. The van der Waals surface area contributed by atoms with E-state index >= 15 is 0 Å². The number of carbonyl (C=O) groups excluding carboxylic acids is 2. The lowest BCUT2D eigenvalue weighted by molar-refractivity contribution is -0.157. The lowest BCUT2D eigenvalue weighted by Crippen LogP contribution is -2.53. The molecule has 0 aromatic rings.